The van der Waals surface area contributed by atoms with Gasteiger partial charge in [0.2, 0.25) is 0 Å². The van der Waals surface area contributed by atoms with Gasteiger partial charge in [0, 0.05) is 17.7 Å². The molecule has 0 unspecified atom stereocenters. The van der Waals surface area contributed by atoms with Crippen molar-refractivity contribution in [2.75, 3.05) is 13.7 Å². The normalized spacial score (nSPS) is 10.9. The van der Waals surface area contributed by atoms with Crippen molar-refractivity contribution in [3.8, 4) is 28.3 Å². The number of aryl methyl sites for hydroxylation is 1. The molecule has 0 fully saturated rings. The number of fused-ring (bicyclic) bond motifs is 1. The fraction of sp³-hybridized carbons (Fsp3) is 0.167. The van der Waals surface area contributed by atoms with Gasteiger partial charge in [-0.1, -0.05) is 61.5 Å². The molecule has 0 spiro atoms. The molecule has 2 aromatic heterocycles. The van der Waals surface area contributed by atoms with Crippen LogP contribution in [0.1, 0.15) is 28.4 Å². The fourth-order valence-electron chi connectivity index (χ4n) is 4.29. The maximum Gasteiger partial charge on any atom is 0.252 e. The predicted octanol–water partition coefficient (Wildman–Crippen LogP) is 5.84. The first-order valence-corrected chi connectivity index (χ1v) is 12.1. The Morgan fingerprint density at radius 2 is 1.64 bits per heavy atom. The van der Waals surface area contributed by atoms with Crippen molar-refractivity contribution in [2.45, 2.75) is 19.8 Å². The van der Waals surface area contributed by atoms with E-state index in [1.807, 2.05) is 48.5 Å². The molecule has 0 radical (unpaired) electrons. The van der Waals surface area contributed by atoms with E-state index in [1.165, 1.54) is 11.1 Å². The zero-order chi connectivity index (χ0) is 24.9. The third kappa shape index (κ3) is 4.84. The maximum atomic E-state index is 13.5. The summed E-state index contributed by atoms with van der Waals surface area (Å²) in [5.41, 5.74) is 6.79. The van der Waals surface area contributed by atoms with Crippen molar-refractivity contribution >= 4 is 16.9 Å². The number of rotatable bonds is 8. The molecule has 0 saturated carbocycles. The monoisotopic (exact) mass is 476 g/mol. The number of amides is 1. The van der Waals surface area contributed by atoms with E-state index in [-0.39, 0.29) is 5.91 Å². The average molecular weight is 477 g/mol. The Morgan fingerprint density at radius 1 is 0.917 bits per heavy atom. The van der Waals surface area contributed by atoms with Crippen molar-refractivity contribution < 1.29 is 9.53 Å². The average Bonchev–Trinajstić information content (AvgIpc) is 3.37. The lowest BCUT2D eigenvalue weighted by Gasteiger charge is -2.10. The quantitative estimate of drug-likeness (QED) is 0.295. The molecule has 0 bridgehead atoms. The van der Waals surface area contributed by atoms with Gasteiger partial charge in [0.05, 0.1) is 29.4 Å². The molecule has 0 saturated heterocycles. The van der Waals surface area contributed by atoms with Gasteiger partial charge in [0.15, 0.2) is 5.65 Å². The number of aromatic nitrogens is 3. The fourth-order valence-corrected chi connectivity index (χ4v) is 4.29. The summed E-state index contributed by atoms with van der Waals surface area (Å²) in [6.45, 7) is 2.66. The molecule has 0 aliphatic carbocycles. The van der Waals surface area contributed by atoms with Gasteiger partial charge in [-0.25, -0.2) is 4.98 Å². The van der Waals surface area contributed by atoms with Crippen molar-refractivity contribution in [1.82, 2.24) is 20.5 Å². The van der Waals surface area contributed by atoms with E-state index >= 15 is 0 Å². The van der Waals surface area contributed by atoms with Crippen LogP contribution in [0, 0.1) is 0 Å². The number of nitrogens with one attached hydrogen (secondary N) is 2. The van der Waals surface area contributed by atoms with Gasteiger partial charge >= 0.3 is 0 Å². The Bertz CT molecular complexity index is 1470. The topological polar surface area (TPSA) is 79.9 Å². The van der Waals surface area contributed by atoms with Gasteiger partial charge < -0.3 is 10.1 Å². The lowest BCUT2D eigenvalue weighted by atomic mass is 10.0. The molecule has 3 aromatic carbocycles. The van der Waals surface area contributed by atoms with Gasteiger partial charge in [-0.05, 0) is 54.3 Å². The predicted molar refractivity (Wildman–Crippen MR) is 143 cm³/mol. The van der Waals surface area contributed by atoms with Crippen molar-refractivity contribution in [1.29, 1.82) is 0 Å². The number of carbonyl (C=O) groups excluding carboxylic acids is 1. The Balaban J connectivity index is 1.54. The Hall–Kier alpha value is -4.45. The number of methoxy groups -OCH3 is 1. The van der Waals surface area contributed by atoms with Crippen LogP contribution in [-0.2, 0) is 12.8 Å². The van der Waals surface area contributed by atoms with Crippen LogP contribution >= 0.6 is 0 Å². The summed E-state index contributed by atoms with van der Waals surface area (Å²) in [5.74, 6) is 0.609. The number of benzene rings is 3. The molecular formula is C30H28N4O2. The number of pyridine rings is 1. The Labute approximate surface area is 210 Å². The minimum Gasteiger partial charge on any atom is -0.497 e. The second kappa shape index (κ2) is 10.4. The summed E-state index contributed by atoms with van der Waals surface area (Å²) < 4.78 is 5.28. The second-order valence-electron chi connectivity index (χ2n) is 8.62. The smallest absolute Gasteiger partial charge is 0.252 e. The summed E-state index contributed by atoms with van der Waals surface area (Å²) in [7, 11) is 1.63. The van der Waals surface area contributed by atoms with Crippen molar-refractivity contribution in [2.24, 2.45) is 0 Å². The van der Waals surface area contributed by atoms with Crippen LogP contribution in [0.4, 0.5) is 0 Å². The highest BCUT2D eigenvalue weighted by atomic mass is 16.5. The van der Waals surface area contributed by atoms with Crippen LogP contribution in [0.25, 0.3) is 33.5 Å². The summed E-state index contributed by atoms with van der Waals surface area (Å²) >= 11 is 0. The Morgan fingerprint density at radius 3 is 2.33 bits per heavy atom. The third-order valence-electron chi connectivity index (χ3n) is 6.35. The molecule has 5 rings (SSSR count). The molecule has 0 atom stereocenters. The largest absolute Gasteiger partial charge is 0.497 e. The zero-order valence-electron chi connectivity index (χ0n) is 20.4. The van der Waals surface area contributed by atoms with Crippen molar-refractivity contribution in [3.05, 3.63) is 102 Å². The Kier molecular flexibility index (Phi) is 6.76. The number of nitrogens with zero attached hydrogens (tertiary/aromatic N) is 2. The summed E-state index contributed by atoms with van der Waals surface area (Å²) in [6.07, 6.45) is 1.72. The standard InChI is InChI=1S/C30H28N4O2/c1-3-20-9-11-23(12-10-20)28-27-25(30(35)31-18-17-21-7-5-4-6-8-21)19-26(32-29(27)34-33-28)22-13-15-24(36-2)16-14-22/h4-16,19H,3,17-18H2,1-2H3,(H,31,35)(H,32,33,34). The highest BCUT2D eigenvalue weighted by Crippen LogP contribution is 2.32. The van der Waals surface area contributed by atoms with E-state index in [4.69, 9.17) is 9.72 Å². The van der Waals surface area contributed by atoms with E-state index < -0.39 is 0 Å². The molecule has 5 aromatic rings. The number of hydrogen-bond donors (Lipinski definition) is 2. The number of H-pyrrole nitrogens is 1. The first-order valence-electron chi connectivity index (χ1n) is 12.1. The van der Waals surface area contributed by atoms with E-state index in [1.54, 1.807) is 7.11 Å². The number of hydrogen-bond acceptors (Lipinski definition) is 4. The maximum absolute atomic E-state index is 13.5. The van der Waals surface area contributed by atoms with Gasteiger partial charge in [0.25, 0.3) is 5.91 Å². The van der Waals surface area contributed by atoms with E-state index in [2.05, 4.69) is 58.8 Å². The van der Waals surface area contributed by atoms with Crippen LogP contribution in [0.2, 0.25) is 0 Å². The second-order valence-corrected chi connectivity index (χ2v) is 8.62. The molecular weight excluding hydrogens is 448 g/mol. The minimum atomic E-state index is -0.152. The highest BCUT2D eigenvalue weighted by molar-refractivity contribution is 6.11. The molecule has 6 nitrogen and oxygen atoms in total. The van der Waals surface area contributed by atoms with Crippen LogP contribution in [-0.4, -0.2) is 34.7 Å². The van der Waals surface area contributed by atoms with Crippen LogP contribution in [0.3, 0.4) is 0 Å². The number of aromatic amines is 1. The van der Waals surface area contributed by atoms with Gasteiger partial charge in [-0.2, -0.15) is 5.10 Å². The van der Waals surface area contributed by atoms with Gasteiger partial charge in [0.1, 0.15) is 5.75 Å². The van der Waals surface area contributed by atoms with E-state index in [9.17, 15) is 4.79 Å². The molecule has 6 heteroatoms. The molecule has 2 heterocycles. The van der Waals surface area contributed by atoms with Crippen molar-refractivity contribution in [3.63, 3.8) is 0 Å². The molecule has 36 heavy (non-hydrogen) atoms. The highest BCUT2D eigenvalue weighted by Gasteiger charge is 2.20. The van der Waals surface area contributed by atoms with Crippen LogP contribution < -0.4 is 10.1 Å². The zero-order valence-corrected chi connectivity index (χ0v) is 20.4. The summed E-state index contributed by atoms with van der Waals surface area (Å²) in [5, 5.41) is 11.4. The number of carbonyl (C=O) groups is 1. The molecule has 1 amide bonds. The molecule has 2 N–H and O–H groups in total. The lowest BCUT2D eigenvalue weighted by Crippen LogP contribution is -2.26. The van der Waals surface area contributed by atoms with Gasteiger partial charge in [-0.3, -0.25) is 9.89 Å². The van der Waals surface area contributed by atoms with Crippen LogP contribution in [0.5, 0.6) is 5.75 Å². The minimum absolute atomic E-state index is 0.152. The van der Waals surface area contributed by atoms with E-state index in [0.717, 1.165) is 35.4 Å². The molecule has 180 valence electrons. The third-order valence-corrected chi connectivity index (χ3v) is 6.35. The van der Waals surface area contributed by atoms with E-state index in [0.29, 0.717) is 28.8 Å². The molecule has 0 aliphatic heterocycles. The first-order chi connectivity index (χ1) is 17.7. The SMILES string of the molecule is CCc1ccc(-c2[nH]nc3nc(-c4ccc(OC)cc4)cc(C(=O)NCCc4ccccc4)c23)cc1. The lowest BCUT2D eigenvalue weighted by molar-refractivity contribution is 0.0955. The first kappa shape index (κ1) is 23.3. The summed E-state index contributed by atoms with van der Waals surface area (Å²) in [6, 6.07) is 27.9. The number of ether oxygens (including phenoxy) is 1. The molecule has 0 aliphatic rings. The summed E-state index contributed by atoms with van der Waals surface area (Å²) in [4.78, 5) is 18.3. The van der Waals surface area contributed by atoms with Gasteiger partial charge in [-0.15, -0.1) is 0 Å². The van der Waals surface area contributed by atoms with Crippen LogP contribution in [0.15, 0.2) is 84.9 Å².